The molecule has 1 aromatic heterocycles. The van der Waals surface area contributed by atoms with Gasteiger partial charge in [0.25, 0.3) is 10.0 Å². The second-order valence-electron chi connectivity index (χ2n) is 4.56. The highest BCUT2D eigenvalue weighted by Crippen LogP contribution is 2.30. The molecule has 0 aliphatic heterocycles. The number of para-hydroxylation sites is 1. The summed E-state index contributed by atoms with van der Waals surface area (Å²) in [5.41, 5.74) is 1.09. The fraction of sp³-hybridized carbons (Fsp3) is 0. The maximum atomic E-state index is 12.5. The molecule has 0 radical (unpaired) electrons. The highest BCUT2D eigenvalue weighted by molar-refractivity contribution is 7.97. The molecule has 0 bridgehead atoms. The smallest absolute Gasteiger partial charge is 0.261 e. The zero-order valence-corrected chi connectivity index (χ0v) is 13.6. The Morgan fingerprint density at radius 1 is 1.14 bits per heavy atom. The normalized spacial score (nSPS) is 11.7. The Hall–Kier alpha value is -1.67. The summed E-state index contributed by atoms with van der Waals surface area (Å²) in [6.07, 6.45) is 1.62. The van der Waals surface area contributed by atoms with Crippen molar-refractivity contribution in [2.45, 2.75) is 9.79 Å². The van der Waals surface area contributed by atoms with E-state index in [-0.39, 0.29) is 4.90 Å². The molecular weight excluding hydrogens is 342 g/mol. The molecule has 22 heavy (non-hydrogen) atoms. The highest BCUT2D eigenvalue weighted by atomic mass is 35.5. The van der Waals surface area contributed by atoms with Crippen LogP contribution in [0.3, 0.4) is 0 Å². The summed E-state index contributed by atoms with van der Waals surface area (Å²) >= 11 is 7.11. The zero-order chi connectivity index (χ0) is 15.7. The molecule has 3 rings (SSSR count). The van der Waals surface area contributed by atoms with Gasteiger partial charge < -0.3 is 4.98 Å². The van der Waals surface area contributed by atoms with Gasteiger partial charge in [-0.15, -0.1) is 0 Å². The van der Waals surface area contributed by atoms with E-state index in [1.54, 1.807) is 30.5 Å². The number of nitrogens with two attached hydrogens (primary N) is 1. The van der Waals surface area contributed by atoms with Gasteiger partial charge in [0.05, 0.1) is 21.1 Å². The lowest BCUT2D eigenvalue weighted by Gasteiger charge is -2.09. The fourth-order valence-electron chi connectivity index (χ4n) is 2.11. The molecule has 0 aliphatic rings. The highest BCUT2D eigenvalue weighted by Gasteiger charge is 2.16. The summed E-state index contributed by atoms with van der Waals surface area (Å²) in [4.78, 5) is 3.93. The van der Waals surface area contributed by atoms with E-state index in [0.29, 0.717) is 16.2 Å². The van der Waals surface area contributed by atoms with E-state index in [1.807, 2.05) is 6.07 Å². The van der Waals surface area contributed by atoms with Gasteiger partial charge in [-0.3, -0.25) is 9.86 Å². The molecule has 0 fully saturated rings. The monoisotopic (exact) mass is 353 g/mol. The molecule has 0 saturated heterocycles. The van der Waals surface area contributed by atoms with E-state index in [2.05, 4.69) is 9.71 Å². The number of benzene rings is 2. The van der Waals surface area contributed by atoms with Crippen molar-refractivity contribution in [3.8, 4) is 0 Å². The van der Waals surface area contributed by atoms with Crippen LogP contribution in [0.5, 0.6) is 0 Å². The minimum absolute atomic E-state index is 0.167. The van der Waals surface area contributed by atoms with E-state index in [9.17, 15) is 8.42 Å². The van der Waals surface area contributed by atoms with E-state index >= 15 is 0 Å². The average molecular weight is 354 g/mol. The van der Waals surface area contributed by atoms with Crippen molar-refractivity contribution in [2.75, 3.05) is 4.72 Å². The zero-order valence-electron chi connectivity index (χ0n) is 11.2. The van der Waals surface area contributed by atoms with E-state index in [4.69, 9.17) is 16.7 Å². The van der Waals surface area contributed by atoms with Crippen LogP contribution >= 0.6 is 23.5 Å². The van der Waals surface area contributed by atoms with Crippen molar-refractivity contribution in [1.29, 1.82) is 0 Å². The molecule has 0 aliphatic carbocycles. The van der Waals surface area contributed by atoms with Crippen molar-refractivity contribution in [3.05, 3.63) is 53.7 Å². The van der Waals surface area contributed by atoms with Crippen LogP contribution in [0, 0.1) is 0 Å². The van der Waals surface area contributed by atoms with Gasteiger partial charge in [-0.05, 0) is 42.3 Å². The third-order valence-corrected chi connectivity index (χ3v) is 5.42. The first-order chi connectivity index (χ1) is 10.5. The van der Waals surface area contributed by atoms with Crippen LogP contribution in [0.1, 0.15) is 0 Å². The van der Waals surface area contributed by atoms with Gasteiger partial charge in [0, 0.05) is 16.5 Å². The average Bonchev–Trinajstić information content (AvgIpc) is 2.90. The number of aromatic amines is 1. The van der Waals surface area contributed by atoms with Crippen LogP contribution < -0.4 is 9.86 Å². The maximum absolute atomic E-state index is 12.5. The van der Waals surface area contributed by atoms with Crippen molar-refractivity contribution in [3.63, 3.8) is 0 Å². The van der Waals surface area contributed by atoms with Crippen LogP contribution in [-0.2, 0) is 10.0 Å². The number of aromatic nitrogens is 1. The minimum Gasteiger partial charge on any atom is -0.358 e. The van der Waals surface area contributed by atoms with Crippen LogP contribution in [0.15, 0.2) is 58.5 Å². The molecule has 2 aromatic carbocycles. The first-order valence-electron chi connectivity index (χ1n) is 6.26. The fourth-order valence-corrected chi connectivity index (χ4v) is 3.68. The summed E-state index contributed by atoms with van der Waals surface area (Å²) < 4.78 is 27.5. The van der Waals surface area contributed by atoms with Gasteiger partial charge in [-0.2, -0.15) is 0 Å². The standard InChI is InChI=1S/C14H12ClN3O2S2/c15-12-8-17-14-11(12)2-1-3-13(14)18-22(19,20)10-6-4-9(21-16)5-7-10/h1-8,17-18H,16H2. The summed E-state index contributed by atoms with van der Waals surface area (Å²) in [6.45, 7) is 0. The Bertz CT molecular complexity index is 921. The third kappa shape index (κ3) is 2.80. The molecule has 0 atom stereocenters. The van der Waals surface area contributed by atoms with E-state index < -0.39 is 10.0 Å². The molecule has 114 valence electrons. The molecule has 5 nitrogen and oxygen atoms in total. The van der Waals surface area contributed by atoms with Gasteiger partial charge in [0.1, 0.15) is 0 Å². The molecule has 0 unspecified atom stereocenters. The Morgan fingerprint density at radius 2 is 1.86 bits per heavy atom. The number of halogens is 1. The lowest BCUT2D eigenvalue weighted by Crippen LogP contribution is -2.13. The molecular formula is C14H12ClN3O2S2. The summed E-state index contributed by atoms with van der Waals surface area (Å²) in [7, 11) is -3.68. The molecule has 4 N–H and O–H groups in total. The number of fused-ring (bicyclic) bond motifs is 1. The van der Waals surface area contributed by atoms with Crippen LogP contribution in [-0.4, -0.2) is 13.4 Å². The number of sulfonamides is 1. The molecule has 0 saturated carbocycles. The SMILES string of the molecule is NSc1ccc(S(=O)(=O)Nc2cccc3c(Cl)c[nH]c23)cc1. The lowest BCUT2D eigenvalue weighted by atomic mass is 10.2. The number of nitrogens with one attached hydrogen (secondary N) is 2. The van der Waals surface area contributed by atoms with Gasteiger partial charge in [-0.1, -0.05) is 23.7 Å². The van der Waals surface area contributed by atoms with E-state index in [1.165, 1.54) is 12.1 Å². The number of rotatable bonds is 4. The third-order valence-electron chi connectivity index (χ3n) is 3.18. The number of hydrogen-bond donors (Lipinski definition) is 3. The topological polar surface area (TPSA) is 88.0 Å². The van der Waals surface area contributed by atoms with Crippen LogP contribution in [0.25, 0.3) is 10.9 Å². The lowest BCUT2D eigenvalue weighted by molar-refractivity contribution is 0.601. The number of anilines is 1. The Labute approximate surface area is 137 Å². The second-order valence-corrected chi connectivity index (χ2v) is 7.36. The first kappa shape index (κ1) is 15.2. The van der Waals surface area contributed by atoms with Gasteiger partial charge in [0.2, 0.25) is 0 Å². The molecule has 0 spiro atoms. The maximum Gasteiger partial charge on any atom is 0.261 e. The predicted molar refractivity (Wildman–Crippen MR) is 90.6 cm³/mol. The largest absolute Gasteiger partial charge is 0.358 e. The van der Waals surface area contributed by atoms with Gasteiger partial charge in [0.15, 0.2) is 0 Å². The Morgan fingerprint density at radius 3 is 2.55 bits per heavy atom. The van der Waals surface area contributed by atoms with Crippen molar-refractivity contribution >= 4 is 50.2 Å². The van der Waals surface area contributed by atoms with Crippen molar-refractivity contribution < 1.29 is 8.42 Å². The minimum atomic E-state index is -3.68. The summed E-state index contributed by atoms with van der Waals surface area (Å²) in [5, 5.41) is 6.73. The summed E-state index contributed by atoms with van der Waals surface area (Å²) in [5.74, 6) is 0. The predicted octanol–water partition coefficient (Wildman–Crippen LogP) is 3.59. The molecule has 1 heterocycles. The number of hydrogen-bond acceptors (Lipinski definition) is 4. The first-order valence-corrected chi connectivity index (χ1v) is 9.00. The van der Waals surface area contributed by atoms with Crippen molar-refractivity contribution in [2.24, 2.45) is 5.14 Å². The van der Waals surface area contributed by atoms with Crippen molar-refractivity contribution in [1.82, 2.24) is 4.98 Å². The molecule has 3 aromatic rings. The van der Waals surface area contributed by atoms with Gasteiger partial charge in [-0.25, -0.2) is 8.42 Å². The quantitative estimate of drug-likeness (QED) is 0.625. The van der Waals surface area contributed by atoms with Crippen LogP contribution in [0.2, 0.25) is 5.02 Å². The van der Waals surface area contributed by atoms with Gasteiger partial charge >= 0.3 is 0 Å². The molecule has 0 amide bonds. The Balaban J connectivity index is 1.99. The molecule has 8 heteroatoms. The van der Waals surface area contributed by atoms with E-state index in [0.717, 1.165) is 22.2 Å². The number of H-pyrrole nitrogens is 1. The summed E-state index contributed by atoms with van der Waals surface area (Å²) in [6, 6.07) is 11.6. The second kappa shape index (κ2) is 5.85. The van der Waals surface area contributed by atoms with Crippen LogP contribution in [0.4, 0.5) is 5.69 Å². The Kier molecular flexibility index (Phi) is 4.05.